The minimum Gasteiger partial charge on any atom is -0.373 e. The number of fused-ring (bicyclic) bond motifs is 1. The van der Waals surface area contributed by atoms with Crippen LogP contribution in [0.1, 0.15) is 56.4 Å². The second-order valence-electron chi connectivity index (χ2n) is 6.37. The SMILES string of the molecule is CCCOCc1nc(C)c2c(n1)CCC(CNC(C)C)C2. The second kappa shape index (κ2) is 7.85. The molecule has 0 aromatic carbocycles. The third kappa shape index (κ3) is 4.75. The van der Waals surface area contributed by atoms with E-state index in [-0.39, 0.29) is 0 Å². The monoisotopic (exact) mass is 291 g/mol. The first-order valence-corrected chi connectivity index (χ1v) is 8.26. The van der Waals surface area contributed by atoms with E-state index >= 15 is 0 Å². The van der Waals surface area contributed by atoms with Gasteiger partial charge in [-0.05, 0) is 50.6 Å². The number of hydrogen-bond donors (Lipinski definition) is 1. The van der Waals surface area contributed by atoms with E-state index < -0.39 is 0 Å². The molecule has 118 valence electrons. The Bertz CT molecular complexity index is 460. The quantitative estimate of drug-likeness (QED) is 0.785. The number of rotatable bonds is 7. The average Bonchev–Trinajstić information content (AvgIpc) is 2.45. The predicted molar refractivity (Wildman–Crippen MR) is 85.4 cm³/mol. The third-order valence-electron chi connectivity index (χ3n) is 4.02. The van der Waals surface area contributed by atoms with Gasteiger partial charge in [0.25, 0.3) is 0 Å². The van der Waals surface area contributed by atoms with E-state index in [4.69, 9.17) is 9.72 Å². The lowest BCUT2D eigenvalue weighted by atomic mass is 9.85. The van der Waals surface area contributed by atoms with Gasteiger partial charge in [0, 0.05) is 24.0 Å². The van der Waals surface area contributed by atoms with Crippen LogP contribution < -0.4 is 5.32 Å². The van der Waals surface area contributed by atoms with Crippen LogP contribution in [0.4, 0.5) is 0 Å². The fourth-order valence-electron chi connectivity index (χ4n) is 2.87. The number of aromatic nitrogens is 2. The average molecular weight is 291 g/mol. The molecule has 1 unspecified atom stereocenters. The largest absolute Gasteiger partial charge is 0.373 e. The Morgan fingerprint density at radius 1 is 1.33 bits per heavy atom. The van der Waals surface area contributed by atoms with Crippen LogP contribution in [0.3, 0.4) is 0 Å². The standard InChI is InChI=1S/C17H29N3O/c1-5-8-21-11-17-19-13(4)15-9-14(10-18-12(2)3)6-7-16(15)20-17/h12,14,18H,5-11H2,1-4H3. The summed E-state index contributed by atoms with van der Waals surface area (Å²) in [6.07, 6.45) is 4.44. The zero-order valence-corrected chi connectivity index (χ0v) is 13.9. The topological polar surface area (TPSA) is 47.0 Å². The van der Waals surface area contributed by atoms with Crippen molar-refractivity contribution in [1.29, 1.82) is 0 Å². The van der Waals surface area contributed by atoms with E-state index in [2.05, 4.69) is 38.0 Å². The molecule has 0 radical (unpaired) electrons. The van der Waals surface area contributed by atoms with Crippen LogP contribution in [0, 0.1) is 12.8 Å². The van der Waals surface area contributed by atoms with Crippen LogP contribution >= 0.6 is 0 Å². The Kier molecular flexibility index (Phi) is 6.12. The zero-order valence-electron chi connectivity index (χ0n) is 13.9. The van der Waals surface area contributed by atoms with E-state index in [0.29, 0.717) is 18.6 Å². The summed E-state index contributed by atoms with van der Waals surface area (Å²) in [6.45, 7) is 11.1. The van der Waals surface area contributed by atoms with Gasteiger partial charge < -0.3 is 10.1 Å². The molecule has 0 saturated heterocycles. The molecule has 21 heavy (non-hydrogen) atoms. The minimum atomic E-state index is 0.542. The normalized spacial score (nSPS) is 18.0. The molecule has 0 bridgehead atoms. The van der Waals surface area contributed by atoms with Crippen LogP contribution in [-0.2, 0) is 24.2 Å². The lowest BCUT2D eigenvalue weighted by Crippen LogP contribution is -2.32. The van der Waals surface area contributed by atoms with Crippen molar-refractivity contribution in [3.8, 4) is 0 Å². The van der Waals surface area contributed by atoms with Gasteiger partial charge in [0.05, 0.1) is 0 Å². The Labute approximate surface area is 128 Å². The van der Waals surface area contributed by atoms with E-state index in [9.17, 15) is 0 Å². The first-order chi connectivity index (χ1) is 10.1. The fraction of sp³-hybridized carbons (Fsp3) is 0.765. The first kappa shape index (κ1) is 16.4. The van der Waals surface area contributed by atoms with Gasteiger partial charge in [0.1, 0.15) is 6.61 Å². The Balaban J connectivity index is 2.00. The van der Waals surface area contributed by atoms with Crippen molar-refractivity contribution < 1.29 is 4.74 Å². The lowest BCUT2D eigenvalue weighted by Gasteiger charge is -2.26. The molecule has 4 nitrogen and oxygen atoms in total. The molecule has 1 atom stereocenters. The van der Waals surface area contributed by atoms with Crippen molar-refractivity contribution in [2.75, 3.05) is 13.2 Å². The number of nitrogens with one attached hydrogen (secondary N) is 1. The molecule has 1 aliphatic rings. The summed E-state index contributed by atoms with van der Waals surface area (Å²) in [7, 11) is 0. The maximum absolute atomic E-state index is 5.57. The van der Waals surface area contributed by atoms with Crippen LogP contribution in [0.2, 0.25) is 0 Å². The Morgan fingerprint density at radius 3 is 2.86 bits per heavy atom. The summed E-state index contributed by atoms with van der Waals surface area (Å²) in [5.41, 5.74) is 3.76. The summed E-state index contributed by atoms with van der Waals surface area (Å²) < 4.78 is 5.57. The Hall–Kier alpha value is -1.00. The number of aryl methyl sites for hydroxylation is 2. The number of nitrogens with zero attached hydrogens (tertiary/aromatic N) is 2. The minimum absolute atomic E-state index is 0.542. The molecule has 0 aliphatic heterocycles. The molecule has 0 saturated carbocycles. The Morgan fingerprint density at radius 2 is 2.14 bits per heavy atom. The lowest BCUT2D eigenvalue weighted by molar-refractivity contribution is 0.115. The summed E-state index contributed by atoms with van der Waals surface area (Å²) in [5, 5.41) is 3.55. The van der Waals surface area contributed by atoms with E-state index in [1.54, 1.807) is 0 Å². The molecule has 1 N–H and O–H groups in total. The molecule has 0 amide bonds. The van der Waals surface area contributed by atoms with Crippen molar-refractivity contribution in [2.45, 2.75) is 66.0 Å². The van der Waals surface area contributed by atoms with Crippen LogP contribution in [0.25, 0.3) is 0 Å². The van der Waals surface area contributed by atoms with Crippen molar-refractivity contribution >= 4 is 0 Å². The van der Waals surface area contributed by atoms with Gasteiger partial charge in [0.2, 0.25) is 0 Å². The van der Waals surface area contributed by atoms with Gasteiger partial charge in [-0.1, -0.05) is 20.8 Å². The van der Waals surface area contributed by atoms with Crippen LogP contribution in [0.5, 0.6) is 0 Å². The summed E-state index contributed by atoms with van der Waals surface area (Å²) >= 11 is 0. The highest BCUT2D eigenvalue weighted by atomic mass is 16.5. The van der Waals surface area contributed by atoms with E-state index in [1.165, 1.54) is 17.7 Å². The molecule has 1 aromatic rings. The molecular weight excluding hydrogens is 262 g/mol. The van der Waals surface area contributed by atoms with Gasteiger partial charge in [0.15, 0.2) is 5.82 Å². The summed E-state index contributed by atoms with van der Waals surface area (Å²) in [6, 6.07) is 0.557. The maximum atomic E-state index is 5.57. The molecule has 0 spiro atoms. The molecule has 1 aromatic heterocycles. The van der Waals surface area contributed by atoms with Crippen molar-refractivity contribution in [3.63, 3.8) is 0 Å². The molecule has 2 rings (SSSR count). The van der Waals surface area contributed by atoms with Gasteiger partial charge in [-0.15, -0.1) is 0 Å². The predicted octanol–water partition coefficient (Wildman–Crippen LogP) is 2.81. The third-order valence-corrected chi connectivity index (χ3v) is 4.02. The molecule has 0 fully saturated rings. The summed E-state index contributed by atoms with van der Waals surface area (Å²) in [4.78, 5) is 9.35. The van der Waals surface area contributed by atoms with E-state index in [1.807, 2.05) is 0 Å². The van der Waals surface area contributed by atoms with Crippen molar-refractivity contribution in [2.24, 2.45) is 5.92 Å². The fourth-order valence-corrected chi connectivity index (χ4v) is 2.87. The molecule has 1 heterocycles. The molecular formula is C17H29N3O. The molecule has 4 heteroatoms. The van der Waals surface area contributed by atoms with E-state index in [0.717, 1.165) is 43.9 Å². The van der Waals surface area contributed by atoms with Crippen molar-refractivity contribution in [3.05, 3.63) is 22.8 Å². The van der Waals surface area contributed by atoms with Gasteiger partial charge in [-0.25, -0.2) is 9.97 Å². The zero-order chi connectivity index (χ0) is 15.2. The highest BCUT2D eigenvalue weighted by Crippen LogP contribution is 2.26. The van der Waals surface area contributed by atoms with Crippen molar-refractivity contribution in [1.82, 2.24) is 15.3 Å². The number of ether oxygens (including phenoxy) is 1. The first-order valence-electron chi connectivity index (χ1n) is 8.26. The van der Waals surface area contributed by atoms with Gasteiger partial charge in [-0.2, -0.15) is 0 Å². The number of hydrogen-bond acceptors (Lipinski definition) is 4. The highest BCUT2D eigenvalue weighted by Gasteiger charge is 2.22. The van der Waals surface area contributed by atoms with Gasteiger partial charge in [-0.3, -0.25) is 0 Å². The second-order valence-corrected chi connectivity index (χ2v) is 6.37. The van der Waals surface area contributed by atoms with Gasteiger partial charge >= 0.3 is 0 Å². The maximum Gasteiger partial charge on any atom is 0.154 e. The van der Waals surface area contributed by atoms with Crippen LogP contribution in [-0.4, -0.2) is 29.2 Å². The molecule has 1 aliphatic carbocycles. The smallest absolute Gasteiger partial charge is 0.154 e. The highest BCUT2D eigenvalue weighted by molar-refractivity contribution is 5.28. The van der Waals surface area contributed by atoms with Crippen LogP contribution in [0.15, 0.2) is 0 Å². The summed E-state index contributed by atoms with van der Waals surface area (Å²) in [5.74, 6) is 1.56.